The molecule has 0 aromatic carbocycles. The topological polar surface area (TPSA) is 116 Å². The lowest BCUT2D eigenvalue weighted by atomic mass is 10.3. The van der Waals surface area contributed by atoms with Crippen molar-refractivity contribution in [1.29, 1.82) is 0 Å². The molecular formula is C10H15N3O6. The number of aliphatic carboxylic acids is 1. The van der Waals surface area contributed by atoms with Crippen LogP contribution >= 0.6 is 0 Å². The van der Waals surface area contributed by atoms with E-state index >= 15 is 0 Å². The zero-order valence-corrected chi connectivity index (χ0v) is 10.6. The minimum absolute atomic E-state index is 0.0675. The molecule has 1 unspecified atom stereocenters. The molecule has 0 saturated carbocycles. The molecule has 1 heterocycles. The number of ether oxygens (including phenoxy) is 1. The minimum atomic E-state index is -1.21. The molecule has 0 aliphatic carbocycles. The molecule has 0 bridgehead atoms. The second-order valence-electron chi connectivity index (χ2n) is 3.99. The monoisotopic (exact) mass is 273 g/mol. The Kier molecular flexibility index (Phi) is 4.81. The highest BCUT2D eigenvalue weighted by Gasteiger charge is 2.34. The second kappa shape index (κ2) is 6.14. The first-order valence-electron chi connectivity index (χ1n) is 5.44. The van der Waals surface area contributed by atoms with Crippen molar-refractivity contribution in [2.75, 3.05) is 33.8 Å². The van der Waals surface area contributed by atoms with E-state index in [-0.39, 0.29) is 13.1 Å². The van der Waals surface area contributed by atoms with Gasteiger partial charge in [0.2, 0.25) is 5.91 Å². The van der Waals surface area contributed by atoms with Crippen LogP contribution in [0.15, 0.2) is 0 Å². The van der Waals surface area contributed by atoms with Gasteiger partial charge < -0.3 is 20.1 Å². The number of hydrogen-bond donors (Lipinski definition) is 2. The number of carbonyl (C=O) groups is 4. The van der Waals surface area contributed by atoms with Gasteiger partial charge in [0, 0.05) is 14.2 Å². The first kappa shape index (κ1) is 14.9. The average molecular weight is 273 g/mol. The lowest BCUT2D eigenvalue weighted by Gasteiger charge is -2.15. The van der Waals surface area contributed by atoms with Gasteiger partial charge in [0.25, 0.3) is 5.91 Å². The lowest BCUT2D eigenvalue weighted by molar-refractivity contribution is -0.148. The van der Waals surface area contributed by atoms with Crippen LogP contribution < -0.4 is 5.32 Å². The number of carbonyl (C=O) groups excluding carboxylic acids is 3. The maximum absolute atomic E-state index is 11.5. The zero-order chi connectivity index (χ0) is 14.6. The number of nitrogens with one attached hydrogen (secondary N) is 1. The molecule has 9 heteroatoms. The second-order valence-corrected chi connectivity index (χ2v) is 3.99. The molecule has 4 amide bonds. The van der Waals surface area contributed by atoms with Crippen LogP contribution in [0.3, 0.4) is 0 Å². The fourth-order valence-electron chi connectivity index (χ4n) is 1.50. The molecule has 2 N–H and O–H groups in total. The van der Waals surface area contributed by atoms with Crippen molar-refractivity contribution in [3.8, 4) is 0 Å². The summed E-state index contributed by atoms with van der Waals surface area (Å²) in [5.41, 5.74) is 0. The maximum atomic E-state index is 11.5. The quantitative estimate of drug-likeness (QED) is 0.546. The standard InChI is InChI=1S/C10H15N3O6/c1-12-5-8(15)13(10(12)18)4-7(14)11-3-6(19-2)9(16)17/h6H,3-5H2,1-2H3,(H,11,14)(H,16,17). The summed E-state index contributed by atoms with van der Waals surface area (Å²) in [6, 6.07) is -0.554. The Morgan fingerprint density at radius 1 is 1.47 bits per heavy atom. The van der Waals surface area contributed by atoms with Crippen LogP contribution in [-0.2, 0) is 19.1 Å². The SMILES string of the molecule is COC(CNC(=O)CN1C(=O)CN(C)C1=O)C(=O)O. The number of imide groups is 1. The van der Waals surface area contributed by atoms with Crippen molar-refractivity contribution in [3.05, 3.63) is 0 Å². The molecule has 1 saturated heterocycles. The van der Waals surface area contributed by atoms with Crippen molar-refractivity contribution < 1.29 is 29.0 Å². The summed E-state index contributed by atoms with van der Waals surface area (Å²) in [6.07, 6.45) is -1.17. The van der Waals surface area contributed by atoms with Gasteiger partial charge in [0.15, 0.2) is 6.10 Å². The van der Waals surface area contributed by atoms with Crippen molar-refractivity contribution in [3.63, 3.8) is 0 Å². The van der Waals surface area contributed by atoms with Crippen LogP contribution in [0.2, 0.25) is 0 Å². The van der Waals surface area contributed by atoms with Gasteiger partial charge in [-0.1, -0.05) is 0 Å². The molecule has 19 heavy (non-hydrogen) atoms. The Balaban J connectivity index is 2.46. The van der Waals surface area contributed by atoms with Gasteiger partial charge in [-0.25, -0.2) is 9.59 Å². The molecule has 1 aliphatic heterocycles. The van der Waals surface area contributed by atoms with Crippen LogP contribution in [0.5, 0.6) is 0 Å². The van der Waals surface area contributed by atoms with E-state index in [1.165, 1.54) is 19.1 Å². The van der Waals surface area contributed by atoms with Crippen molar-refractivity contribution in [2.45, 2.75) is 6.10 Å². The normalized spacial score (nSPS) is 16.7. The third-order valence-electron chi connectivity index (χ3n) is 2.58. The van der Waals surface area contributed by atoms with Gasteiger partial charge in [0.1, 0.15) is 13.1 Å². The lowest BCUT2D eigenvalue weighted by Crippen LogP contribution is -2.44. The molecule has 106 valence electrons. The molecule has 1 rings (SSSR count). The van der Waals surface area contributed by atoms with Gasteiger partial charge in [-0.2, -0.15) is 0 Å². The van der Waals surface area contributed by atoms with E-state index in [0.29, 0.717) is 0 Å². The highest BCUT2D eigenvalue weighted by molar-refractivity contribution is 6.04. The highest BCUT2D eigenvalue weighted by Crippen LogP contribution is 2.06. The zero-order valence-electron chi connectivity index (χ0n) is 10.6. The summed E-state index contributed by atoms with van der Waals surface area (Å²) < 4.78 is 4.62. The number of hydrogen-bond acceptors (Lipinski definition) is 5. The Morgan fingerprint density at radius 3 is 2.53 bits per heavy atom. The summed E-state index contributed by atoms with van der Waals surface area (Å²) in [7, 11) is 2.65. The van der Waals surface area contributed by atoms with Gasteiger partial charge >= 0.3 is 12.0 Å². The summed E-state index contributed by atoms with van der Waals surface area (Å²) in [6.45, 7) is -0.739. The number of likely N-dealkylation sites (N-methyl/N-ethyl adjacent to an activating group) is 1. The number of rotatable bonds is 6. The predicted molar refractivity (Wildman–Crippen MR) is 61.2 cm³/mol. The smallest absolute Gasteiger partial charge is 0.334 e. The third kappa shape index (κ3) is 3.65. The molecule has 0 aromatic heterocycles. The number of carboxylic acid groups (broad SMARTS) is 1. The van der Waals surface area contributed by atoms with Crippen LogP contribution in [0, 0.1) is 0 Å². The van der Waals surface area contributed by atoms with E-state index in [9.17, 15) is 19.2 Å². The number of urea groups is 1. The summed E-state index contributed by atoms with van der Waals surface area (Å²) in [5.74, 6) is -2.31. The van der Waals surface area contributed by atoms with Crippen molar-refractivity contribution in [2.24, 2.45) is 0 Å². The predicted octanol–water partition coefficient (Wildman–Crippen LogP) is -1.90. The largest absolute Gasteiger partial charge is 0.479 e. The minimum Gasteiger partial charge on any atom is -0.479 e. The molecule has 9 nitrogen and oxygen atoms in total. The Labute approximate surface area is 109 Å². The van der Waals surface area contributed by atoms with Crippen LogP contribution in [0.25, 0.3) is 0 Å². The fraction of sp³-hybridized carbons (Fsp3) is 0.600. The molecule has 0 radical (unpaired) electrons. The van der Waals surface area contributed by atoms with Crippen molar-refractivity contribution in [1.82, 2.24) is 15.1 Å². The Morgan fingerprint density at radius 2 is 2.11 bits per heavy atom. The van der Waals surface area contributed by atoms with E-state index < -0.39 is 36.5 Å². The highest BCUT2D eigenvalue weighted by atomic mass is 16.5. The third-order valence-corrected chi connectivity index (χ3v) is 2.58. The first-order valence-corrected chi connectivity index (χ1v) is 5.44. The van der Waals surface area contributed by atoms with Crippen LogP contribution in [0.4, 0.5) is 4.79 Å². The summed E-state index contributed by atoms with van der Waals surface area (Å²) in [5, 5.41) is 11.0. The first-order chi connectivity index (χ1) is 8.86. The number of carboxylic acids is 1. The van der Waals surface area contributed by atoms with Crippen molar-refractivity contribution >= 4 is 23.8 Å². The molecule has 1 aliphatic rings. The molecule has 0 spiro atoms. The molecule has 1 fully saturated rings. The maximum Gasteiger partial charge on any atom is 0.334 e. The molecule has 1 atom stereocenters. The van der Waals surface area contributed by atoms with E-state index in [1.807, 2.05) is 0 Å². The van der Waals surface area contributed by atoms with Gasteiger partial charge in [-0.15, -0.1) is 0 Å². The summed E-state index contributed by atoms with van der Waals surface area (Å²) >= 11 is 0. The van der Waals surface area contributed by atoms with Gasteiger partial charge in [-0.05, 0) is 0 Å². The van der Waals surface area contributed by atoms with E-state index in [1.54, 1.807) is 0 Å². The number of amides is 4. The molecule has 0 aromatic rings. The Hall–Kier alpha value is -2.16. The van der Waals surface area contributed by atoms with Gasteiger partial charge in [0.05, 0.1) is 6.54 Å². The van der Waals surface area contributed by atoms with Crippen LogP contribution in [-0.4, -0.2) is 78.6 Å². The van der Waals surface area contributed by atoms with E-state index in [0.717, 1.165) is 4.90 Å². The Bertz CT molecular complexity index is 410. The summed E-state index contributed by atoms with van der Waals surface area (Å²) in [4.78, 5) is 47.0. The van der Waals surface area contributed by atoms with Gasteiger partial charge in [-0.3, -0.25) is 14.5 Å². The van der Waals surface area contributed by atoms with E-state index in [2.05, 4.69) is 10.1 Å². The van der Waals surface area contributed by atoms with E-state index in [4.69, 9.17) is 5.11 Å². The number of methoxy groups -OCH3 is 1. The fourth-order valence-corrected chi connectivity index (χ4v) is 1.50. The van der Waals surface area contributed by atoms with Crippen LogP contribution in [0.1, 0.15) is 0 Å². The molecular weight excluding hydrogens is 258 g/mol. The average Bonchev–Trinajstić information content (AvgIpc) is 2.56. The number of nitrogens with zero attached hydrogens (tertiary/aromatic N) is 2.